The van der Waals surface area contributed by atoms with E-state index < -0.39 is 55.4 Å². The number of ether oxygens (including phenoxy) is 4. The van der Waals surface area contributed by atoms with E-state index in [1.54, 1.807) is 0 Å². The molecule has 2 unspecified atom stereocenters. The number of hydrogen-bond donors (Lipinski definition) is 4. The van der Waals surface area contributed by atoms with Crippen LogP contribution in [-0.2, 0) is 28.5 Å². The summed E-state index contributed by atoms with van der Waals surface area (Å²) in [5, 5.41) is 40.2. The molecule has 0 aromatic rings. The Morgan fingerprint density at radius 1 is 0.476 bits per heavy atom. The zero-order valence-electron chi connectivity index (χ0n) is 40.6. The molecule has 0 amide bonds. The van der Waals surface area contributed by atoms with E-state index in [0.29, 0.717) is 12.8 Å². The van der Waals surface area contributed by atoms with Gasteiger partial charge in [-0.05, 0) is 57.8 Å². The number of aliphatic hydroxyl groups excluding tert-OH is 4. The maximum absolute atomic E-state index is 12.8. The van der Waals surface area contributed by atoms with E-state index in [-0.39, 0.29) is 26.1 Å². The summed E-state index contributed by atoms with van der Waals surface area (Å²) in [6.45, 7) is 3.41. The number of hydrogen-bond acceptors (Lipinski definition) is 10. The van der Waals surface area contributed by atoms with E-state index in [4.69, 9.17) is 18.9 Å². The van der Waals surface area contributed by atoms with E-state index in [1.165, 1.54) is 173 Å². The third-order valence-electron chi connectivity index (χ3n) is 12.3. The molecule has 0 bridgehead atoms. The SMILES string of the molecule is CCCCCCCCCCC/C=C/CCCCC(=O)OC[C@H](CO[C@@H]1O[C@H](CO)[C@H](O)C(O)C1O)OC(=O)CCC/C=C/CCCCCCCCCCCCCCCCCCCC. The quantitative estimate of drug-likeness (QED) is 0.0264. The van der Waals surface area contributed by atoms with Gasteiger partial charge in [-0.25, -0.2) is 0 Å². The minimum Gasteiger partial charge on any atom is -0.462 e. The Bertz CT molecular complexity index is 1080. The van der Waals surface area contributed by atoms with Gasteiger partial charge in [0.2, 0.25) is 0 Å². The number of carbonyl (C=O) groups excluding carboxylic acids is 2. The zero-order valence-corrected chi connectivity index (χ0v) is 40.6. The van der Waals surface area contributed by atoms with Crippen molar-refractivity contribution in [3.05, 3.63) is 24.3 Å². The molecule has 370 valence electrons. The van der Waals surface area contributed by atoms with Crippen molar-refractivity contribution < 1.29 is 49.0 Å². The van der Waals surface area contributed by atoms with Crippen LogP contribution in [0, 0.1) is 0 Å². The van der Waals surface area contributed by atoms with Crippen LogP contribution in [0.1, 0.15) is 245 Å². The predicted octanol–water partition coefficient (Wildman–Crippen LogP) is 12.5. The molecule has 0 saturated carbocycles. The number of carbonyl (C=O) groups is 2. The second-order valence-corrected chi connectivity index (χ2v) is 18.3. The molecule has 1 heterocycles. The summed E-state index contributed by atoms with van der Waals surface area (Å²) in [5.41, 5.74) is 0. The van der Waals surface area contributed by atoms with E-state index in [0.717, 1.165) is 32.1 Å². The molecule has 1 rings (SSSR count). The highest BCUT2D eigenvalue weighted by Gasteiger charge is 2.44. The van der Waals surface area contributed by atoms with Gasteiger partial charge in [-0.1, -0.05) is 199 Å². The second kappa shape index (κ2) is 44.0. The first-order chi connectivity index (χ1) is 30.8. The summed E-state index contributed by atoms with van der Waals surface area (Å²) in [5.74, 6) is -0.859. The third-order valence-corrected chi connectivity index (χ3v) is 12.3. The molecule has 0 spiro atoms. The molecular weight excluding hydrogens is 797 g/mol. The first-order valence-corrected chi connectivity index (χ1v) is 26.4. The molecular formula is C53H98O10. The molecule has 1 aliphatic heterocycles. The molecule has 1 fully saturated rings. The fourth-order valence-electron chi connectivity index (χ4n) is 8.13. The highest BCUT2D eigenvalue weighted by molar-refractivity contribution is 5.70. The average Bonchev–Trinajstić information content (AvgIpc) is 3.28. The minimum absolute atomic E-state index is 0.181. The van der Waals surface area contributed by atoms with E-state index in [1.807, 2.05) is 0 Å². The third kappa shape index (κ3) is 35.1. The molecule has 63 heavy (non-hydrogen) atoms. The van der Waals surface area contributed by atoms with Gasteiger partial charge in [-0.3, -0.25) is 9.59 Å². The molecule has 10 nitrogen and oxygen atoms in total. The molecule has 1 saturated heterocycles. The number of allylic oxidation sites excluding steroid dienone is 4. The van der Waals surface area contributed by atoms with Crippen LogP contribution in [0.2, 0.25) is 0 Å². The number of aliphatic hydroxyl groups is 4. The van der Waals surface area contributed by atoms with Crippen molar-refractivity contribution in [2.75, 3.05) is 19.8 Å². The molecule has 0 aromatic carbocycles. The van der Waals surface area contributed by atoms with Crippen molar-refractivity contribution in [1.29, 1.82) is 0 Å². The zero-order chi connectivity index (χ0) is 45.9. The second-order valence-electron chi connectivity index (χ2n) is 18.3. The Kier molecular flexibility index (Phi) is 41.4. The minimum atomic E-state index is -1.60. The van der Waals surface area contributed by atoms with E-state index in [2.05, 4.69) is 38.2 Å². The van der Waals surface area contributed by atoms with Crippen LogP contribution in [0.25, 0.3) is 0 Å². The van der Waals surface area contributed by atoms with E-state index in [9.17, 15) is 30.0 Å². The van der Waals surface area contributed by atoms with Crippen LogP contribution in [0.15, 0.2) is 24.3 Å². The van der Waals surface area contributed by atoms with Gasteiger partial charge in [0.25, 0.3) is 0 Å². The Morgan fingerprint density at radius 3 is 1.29 bits per heavy atom. The van der Waals surface area contributed by atoms with Gasteiger partial charge in [-0.15, -0.1) is 0 Å². The standard InChI is InChI=1S/C53H98O10/c1-3-5-7-9-11-13-15-17-19-20-21-22-23-24-25-26-28-30-32-34-36-38-40-42-49(56)62-46(45-61-53-52(59)51(58)50(57)47(43-54)63-53)44-60-48(55)41-39-37-35-33-31-29-27-18-16-14-12-10-8-6-4-2/h31,33-34,36,46-47,50-54,57-59H,3-30,32,35,37-45H2,1-2H3/b33-31+,36-34+/t46-,47-,50+,51?,52?,53-/m1/s1. The van der Waals surface area contributed by atoms with Gasteiger partial charge < -0.3 is 39.4 Å². The van der Waals surface area contributed by atoms with Crippen LogP contribution in [0.4, 0.5) is 0 Å². The predicted molar refractivity (Wildman–Crippen MR) is 256 cm³/mol. The summed E-state index contributed by atoms with van der Waals surface area (Å²) >= 11 is 0. The highest BCUT2D eigenvalue weighted by atomic mass is 16.7. The maximum atomic E-state index is 12.8. The van der Waals surface area contributed by atoms with Crippen molar-refractivity contribution in [3.8, 4) is 0 Å². The molecule has 0 radical (unpaired) electrons. The summed E-state index contributed by atoms with van der Waals surface area (Å²) in [6.07, 6.45) is 43.5. The van der Waals surface area contributed by atoms with Gasteiger partial charge >= 0.3 is 11.9 Å². The van der Waals surface area contributed by atoms with E-state index >= 15 is 0 Å². The van der Waals surface area contributed by atoms with Crippen molar-refractivity contribution >= 4 is 11.9 Å². The number of esters is 2. The molecule has 6 atom stereocenters. The lowest BCUT2D eigenvalue weighted by Gasteiger charge is -2.39. The fraction of sp³-hybridized carbons (Fsp3) is 0.887. The lowest BCUT2D eigenvalue weighted by molar-refractivity contribution is -0.305. The van der Waals surface area contributed by atoms with Crippen molar-refractivity contribution in [1.82, 2.24) is 0 Å². The highest BCUT2D eigenvalue weighted by Crippen LogP contribution is 2.23. The first-order valence-electron chi connectivity index (χ1n) is 26.4. The Hall–Kier alpha value is -1.82. The number of rotatable bonds is 45. The smallest absolute Gasteiger partial charge is 0.306 e. The lowest BCUT2D eigenvalue weighted by atomic mass is 9.99. The molecule has 4 N–H and O–H groups in total. The largest absolute Gasteiger partial charge is 0.462 e. The Labute approximate surface area is 385 Å². The Morgan fingerprint density at radius 2 is 0.857 bits per heavy atom. The van der Waals surface area contributed by atoms with Gasteiger partial charge in [0.15, 0.2) is 12.4 Å². The summed E-state index contributed by atoms with van der Waals surface area (Å²) in [7, 11) is 0. The Balaban J connectivity index is 2.25. The van der Waals surface area contributed by atoms with Crippen LogP contribution in [0.5, 0.6) is 0 Å². The molecule has 0 aromatic heterocycles. The lowest BCUT2D eigenvalue weighted by Crippen LogP contribution is -2.59. The molecule has 1 aliphatic rings. The maximum Gasteiger partial charge on any atom is 0.306 e. The van der Waals surface area contributed by atoms with Crippen LogP contribution < -0.4 is 0 Å². The summed E-state index contributed by atoms with van der Waals surface area (Å²) in [4.78, 5) is 25.4. The van der Waals surface area contributed by atoms with Gasteiger partial charge in [-0.2, -0.15) is 0 Å². The molecule has 0 aliphatic carbocycles. The van der Waals surface area contributed by atoms with Crippen molar-refractivity contribution in [2.45, 2.75) is 282 Å². The summed E-state index contributed by atoms with van der Waals surface area (Å²) < 4.78 is 22.2. The topological polar surface area (TPSA) is 152 Å². The fourth-order valence-corrected chi connectivity index (χ4v) is 8.13. The first kappa shape index (κ1) is 59.2. The normalized spacial score (nSPS) is 19.6. The number of unbranched alkanes of at least 4 members (excludes halogenated alkanes) is 30. The summed E-state index contributed by atoms with van der Waals surface area (Å²) in [6, 6.07) is 0. The van der Waals surface area contributed by atoms with Gasteiger partial charge in [0, 0.05) is 12.8 Å². The molecule has 10 heteroatoms. The van der Waals surface area contributed by atoms with Gasteiger partial charge in [0.1, 0.15) is 31.0 Å². The average molecular weight is 895 g/mol. The van der Waals surface area contributed by atoms with Crippen molar-refractivity contribution in [2.24, 2.45) is 0 Å². The van der Waals surface area contributed by atoms with Crippen molar-refractivity contribution in [3.63, 3.8) is 0 Å². The van der Waals surface area contributed by atoms with Crippen LogP contribution in [-0.4, -0.2) is 89.0 Å². The van der Waals surface area contributed by atoms with Crippen LogP contribution >= 0.6 is 0 Å². The van der Waals surface area contributed by atoms with Crippen LogP contribution in [0.3, 0.4) is 0 Å². The van der Waals surface area contributed by atoms with Gasteiger partial charge in [0.05, 0.1) is 13.2 Å². The monoisotopic (exact) mass is 895 g/mol.